The molecule has 2 nitrogen and oxygen atoms in total. The first-order valence-corrected chi connectivity index (χ1v) is 6.13. The zero-order valence-electron chi connectivity index (χ0n) is 9.78. The predicted molar refractivity (Wildman–Crippen MR) is 65.0 cm³/mol. The molecule has 1 aliphatic rings. The molecule has 2 atom stereocenters. The molecule has 0 aromatic heterocycles. The molecule has 1 aromatic rings. The summed E-state index contributed by atoms with van der Waals surface area (Å²) >= 11 is 0. The number of amides is 1. The van der Waals surface area contributed by atoms with Crippen molar-refractivity contribution in [1.29, 1.82) is 0 Å². The molecule has 16 heavy (non-hydrogen) atoms. The number of carbonyl (C=O) groups excluding carboxylic acids is 1. The SMILES string of the molecule is CCCC1CNC(=O)C1Cc1ccccc1. The predicted octanol–water partition coefficient (Wildman–Crippen LogP) is 2.39. The summed E-state index contributed by atoms with van der Waals surface area (Å²) in [6.07, 6.45) is 3.19. The van der Waals surface area contributed by atoms with Gasteiger partial charge in [0.1, 0.15) is 0 Å². The minimum absolute atomic E-state index is 0.183. The molecule has 1 aliphatic heterocycles. The first kappa shape index (κ1) is 11.2. The van der Waals surface area contributed by atoms with E-state index in [9.17, 15) is 4.79 Å². The number of rotatable bonds is 4. The fraction of sp³-hybridized carbons (Fsp3) is 0.500. The molecule has 1 fully saturated rings. The third-order valence-corrected chi connectivity index (χ3v) is 3.40. The maximum absolute atomic E-state index is 11.8. The normalized spacial score (nSPS) is 24.4. The highest BCUT2D eigenvalue weighted by molar-refractivity contribution is 5.81. The highest BCUT2D eigenvalue weighted by Gasteiger charge is 2.33. The molecule has 1 amide bonds. The molecule has 1 heterocycles. The first-order valence-electron chi connectivity index (χ1n) is 6.13. The highest BCUT2D eigenvalue weighted by atomic mass is 16.2. The van der Waals surface area contributed by atoms with E-state index in [0.717, 1.165) is 25.8 Å². The molecule has 2 heteroatoms. The van der Waals surface area contributed by atoms with Gasteiger partial charge in [0.2, 0.25) is 5.91 Å². The Hall–Kier alpha value is -1.31. The number of carbonyl (C=O) groups is 1. The fourth-order valence-corrected chi connectivity index (χ4v) is 2.52. The highest BCUT2D eigenvalue weighted by Crippen LogP contribution is 2.26. The van der Waals surface area contributed by atoms with E-state index in [4.69, 9.17) is 0 Å². The molecule has 1 saturated heterocycles. The molecule has 0 saturated carbocycles. The van der Waals surface area contributed by atoms with Crippen molar-refractivity contribution >= 4 is 5.91 Å². The quantitative estimate of drug-likeness (QED) is 0.824. The van der Waals surface area contributed by atoms with E-state index in [-0.39, 0.29) is 11.8 Å². The van der Waals surface area contributed by atoms with Crippen LogP contribution >= 0.6 is 0 Å². The Morgan fingerprint density at radius 3 is 2.75 bits per heavy atom. The lowest BCUT2D eigenvalue weighted by Crippen LogP contribution is -2.21. The van der Waals surface area contributed by atoms with E-state index < -0.39 is 0 Å². The van der Waals surface area contributed by atoms with Gasteiger partial charge in [-0.05, 0) is 24.3 Å². The third kappa shape index (κ3) is 2.43. The van der Waals surface area contributed by atoms with Crippen LogP contribution in [-0.2, 0) is 11.2 Å². The van der Waals surface area contributed by atoms with Gasteiger partial charge in [-0.1, -0.05) is 43.7 Å². The van der Waals surface area contributed by atoms with E-state index in [2.05, 4.69) is 24.4 Å². The topological polar surface area (TPSA) is 29.1 Å². The second kappa shape index (κ2) is 5.15. The van der Waals surface area contributed by atoms with Crippen LogP contribution in [0.15, 0.2) is 30.3 Å². The maximum Gasteiger partial charge on any atom is 0.223 e. The lowest BCUT2D eigenvalue weighted by Gasteiger charge is -2.15. The molecule has 0 spiro atoms. The van der Waals surface area contributed by atoms with E-state index in [1.54, 1.807) is 0 Å². The lowest BCUT2D eigenvalue weighted by atomic mass is 9.86. The molecule has 0 bridgehead atoms. The zero-order valence-corrected chi connectivity index (χ0v) is 9.78. The summed E-state index contributed by atoms with van der Waals surface area (Å²) in [5, 5.41) is 2.99. The number of hydrogen-bond acceptors (Lipinski definition) is 1. The van der Waals surface area contributed by atoms with Crippen molar-refractivity contribution in [3.05, 3.63) is 35.9 Å². The lowest BCUT2D eigenvalue weighted by molar-refractivity contribution is -0.122. The summed E-state index contributed by atoms with van der Waals surface area (Å²) in [6, 6.07) is 10.3. The Balaban J connectivity index is 2.04. The molecule has 0 radical (unpaired) electrons. The summed E-state index contributed by atoms with van der Waals surface area (Å²) in [5.74, 6) is 0.947. The van der Waals surface area contributed by atoms with Gasteiger partial charge in [-0.15, -0.1) is 0 Å². The van der Waals surface area contributed by atoms with Crippen LogP contribution in [0.3, 0.4) is 0 Å². The van der Waals surface area contributed by atoms with Gasteiger partial charge >= 0.3 is 0 Å². The molecule has 86 valence electrons. The van der Waals surface area contributed by atoms with E-state index in [0.29, 0.717) is 5.92 Å². The minimum atomic E-state index is 0.183. The van der Waals surface area contributed by atoms with Gasteiger partial charge < -0.3 is 5.32 Å². The minimum Gasteiger partial charge on any atom is -0.356 e. The van der Waals surface area contributed by atoms with Gasteiger partial charge in [0.05, 0.1) is 0 Å². The van der Waals surface area contributed by atoms with Crippen LogP contribution < -0.4 is 5.32 Å². The summed E-state index contributed by atoms with van der Waals surface area (Å²) in [6.45, 7) is 3.05. The summed E-state index contributed by atoms with van der Waals surface area (Å²) in [5.41, 5.74) is 1.27. The second-order valence-corrected chi connectivity index (χ2v) is 4.59. The Morgan fingerprint density at radius 2 is 2.06 bits per heavy atom. The zero-order chi connectivity index (χ0) is 11.4. The van der Waals surface area contributed by atoms with E-state index in [1.807, 2.05) is 18.2 Å². The van der Waals surface area contributed by atoms with Crippen LogP contribution in [-0.4, -0.2) is 12.5 Å². The molecule has 1 N–H and O–H groups in total. The van der Waals surface area contributed by atoms with Gasteiger partial charge in [-0.25, -0.2) is 0 Å². The Labute approximate surface area is 97.1 Å². The molecule has 0 aliphatic carbocycles. The third-order valence-electron chi connectivity index (χ3n) is 3.40. The Morgan fingerprint density at radius 1 is 1.31 bits per heavy atom. The first-order chi connectivity index (χ1) is 7.81. The van der Waals surface area contributed by atoms with Crippen LogP contribution in [0.25, 0.3) is 0 Å². The average Bonchev–Trinajstić information content (AvgIpc) is 2.64. The van der Waals surface area contributed by atoms with E-state index >= 15 is 0 Å². The average molecular weight is 217 g/mol. The largest absolute Gasteiger partial charge is 0.356 e. The monoisotopic (exact) mass is 217 g/mol. The summed E-state index contributed by atoms with van der Waals surface area (Å²) in [7, 11) is 0. The Kier molecular flexibility index (Phi) is 3.60. The molecule has 1 aromatic carbocycles. The van der Waals surface area contributed by atoms with Crippen molar-refractivity contribution in [3.8, 4) is 0 Å². The van der Waals surface area contributed by atoms with Gasteiger partial charge in [-0.2, -0.15) is 0 Å². The molecule has 2 rings (SSSR count). The number of hydrogen-bond donors (Lipinski definition) is 1. The molecule has 2 unspecified atom stereocenters. The summed E-state index contributed by atoms with van der Waals surface area (Å²) < 4.78 is 0. The van der Waals surface area contributed by atoms with Crippen molar-refractivity contribution in [2.75, 3.05) is 6.54 Å². The van der Waals surface area contributed by atoms with Crippen molar-refractivity contribution in [2.45, 2.75) is 26.2 Å². The Bertz CT molecular complexity index is 347. The van der Waals surface area contributed by atoms with Gasteiger partial charge in [0.15, 0.2) is 0 Å². The van der Waals surface area contributed by atoms with Crippen molar-refractivity contribution in [1.82, 2.24) is 5.32 Å². The van der Waals surface area contributed by atoms with Gasteiger partial charge in [-0.3, -0.25) is 4.79 Å². The summed E-state index contributed by atoms with van der Waals surface area (Å²) in [4.78, 5) is 11.8. The fourth-order valence-electron chi connectivity index (χ4n) is 2.52. The van der Waals surface area contributed by atoms with Crippen LogP contribution in [0.1, 0.15) is 25.3 Å². The van der Waals surface area contributed by atoms with Crippen molar-refractivity contribution < 1.29 is 4.79 Å². The van der Waals surface area contributed by atoms with Crippen LogP contribution in [0.4, 0.5) is 0 Å². The van der Waals surface area contributed by atoms with Crippen molar-refractivity contribution in [3.63, 3.8) is 0 Å². The second-order valence-electron chi connectivity index (χ2n) is 4.59. The standard InChI is InChI=1S/C14H19NO/c1-2-6-12-10-15-14(16)13(12)9-11-7-4-3-5-8-11/h3-5,7-8,12-13H,2,6,9-10H2,1H3,(H,15,16). The van der Waals surface area contributed by atoms with Crippen LogP contribution in [0.2, 0.25) is 0 Å². The van der Waals surface area contributed by atoms with E-state index in [1.165, 1.54) is 5.56 Å². The van der Waals surface area contributed by atoms with Crippen LogP contribution in [0, 0.1) is 11.8 Å². The molecular formula is C14H19NO. The van der Waals surface area contributed by atoms with Crippen LogP contribution in [0.5, 0.6) is 0 Å². The number of benzene rings is 1. The van der Waals surface area contributed by atoms with Gasteiger partial charge in [0, 0.05) is 12.5 Å². The van der Waals surface area contributed by atoms with Gasteiger partial charge in [0.25, 0.3) is 0 Å². The number of nitrogens with one attached hydrogen (secondary N) is 1. The maximum atomic E-state index is 11.8. The smallest absolute Gasteiger partial charge is 0.223 e. The van der Waals surface area contributed by atoms with Crippen molar-refractivity contribution in [2.24, 2.45) is 11.8 Å². The molecular weight excluding hydrogens is 198 g/mol.